The van der Waals surface area contributed by atoms with E-state index in [2.05, 4.69) is 5.32 Å². The smallest absolute Gasteiger partial charge is 0.350 e. The molecule has 0 spiro atoms. The summed E-state index contributed by atoms with van der Waals surface area (Å²) < 4.78 is 50.9. The van der Waals surface area contributed by atoms with E-state index in [0.29, 0.717) is 6.07 Å². The van der Waals surface area contributed by atoms with Crippen LogP contribution in [0.15, 0.2) is 18.2 Å². The molecule has 0 heterocycles. The molecule has 1 aromatic carbocycles. The molecule has 0 saturated carbocycles. The van der Waals surface area contributed by atoms with Crippen molar-refractivity contribution in [3.8, 4) is 0 Å². The third-order valence-corrected chi connectivity index (χ3v) is 2.40. The summed E-state index contributed by atoms with van der Waals surface area (Å²) in [4.78, 5) is 11.5. The first kappa shape index (κ1) is 15.4. The molecular weight excluding hydrogens is 264 g/mol. The summed E-state index contributed by atoms with van der Waals surface area (Å²) in [6.45, 7) is 2.49. The molecule has 0 unspecified atom stereocenters. The summed E-state index contributed by atoms with van der Waals surface area (Å²) >= 11 is 0. The van der Waals surface area contributed by atoms with Gasteiger partial charge in [0.2, 0.25) is 5.91 Å². The zero-order valence-corrected chi connectivity index (χ0v) is 10.4. The Kier molecular flexibility index (Phi) is 4.19. The van der Waals surface area contributed by atoms with Gasteiger partial charge in [-0.25, -0.2) is 4.39 Å². The number of hydrogen-bond acceptors (Lipinski definition) is 2. The van der Waals surface area contributed by atoms with E-state index in [1.165, 1.54) is 13.8 Å². The minimum atomic E-state index is -4.68. The van der Waals surface area contributed by atoms with Crippen molar-refractivity contribution in [2.75, 3.05) is 0 Å². The molecule has 0 atom stereocenters. The predicted octanol–water partition coefficient (Wildman–Crippen LogP) is 2.20. The SMILES string of the molecule is CC(C)(N)C(=O)NCc1ccc(F)cc1C(F)(F)F. The first-order valence-electron chi connectivity index (χ1n) is 5.44. The maximum Gasteiger partial charge on any atom is 0.416 e. The second-order valence-corrected chi connectivity index (χ2v) is 4.70. The molecule has 0 aromatic heterocycles. The first-order chi connectivity index (χ1) is 8.51. The van der Waals surface area contributed by atoms with Gasteiger partial charge < -0.3 is 11.1 Å². The summed E-state index contributed by atoms with van der Waals surface area (Å²) in [6.07, 6.45) is -4.68. The van der Waals surface area contributed by atoms with Crippen molar-refractivity contribution >= 4 is 5.91 Å². The molecule has 1 aromatic rings. The normalized spacial score (nSPS) is 12.4. The molecule has 0 aliphatic heterocycles. The van der Waals surface area contributed by atoms with Gasteiger partial charge in [0.25, 0.3) is 0 Å². The fourth-order valence-corrected chi connectivity index (χ4v) is 1.37. The first-order valence-corrected chi connectivity index (χ1v) is 5.44. The molecule has 1 rings (SSSR count). The molecule has 19 heavy (non-hydrogen) atoms. The molecule has 1 amide bonds. The van der Waals surface area contributed by atoms with E-state index in [1.807, 2.05) is 0 Å². The van der Waals surface area contributed by atoms with Crippen LogP contribution in [-0.4, -0.2) is 11.4 Å². The lowest BCUT2D eigenvalue weighted by Crippen LogP contribution is -2.48. The van der Waals surface area contributed by atoms with E-state index in [-0.39, 0.29) is 12.1 Å². The summed E-state index contributed by atoms with van der Waals surface area (Å²) in [5, 5.41) is 2.28. The zero-order chi connectivity index (χ0) is 14.8. The highest BCUT2D eigenvalue weighted by Gasteiger charge is 2.34. The lowest BCUT2D eigenvalue weighted by molar-refractivity contribution is -0.138. The minimum Gasteiger partial charge on any atom is -0.350 e. The van der Waals surface area contributed by atoms with Gasteiger partial charge in [0.05, 0.1) is 11.1 Å². The van der Waals surface area contributed by atoms with Gasteiger partial charge in [0, 0.05) is 6.54 Å². The Morgan fingerprint density at radius 3 is 2.37 bits per heavy atom. The second kappa shape index (κ2) is 5.16. The highest BCUT2D eigenvalue weighted by atomic mass is 19.4. The van der Waals surface area contributed by atoms with Crippen LogP contribution < -0.4 is 11.1 Å². The van der Waals surface area contributed by atoms with Crippen LogP contribution in [0.5, 0.6) is 0 Å². The topological polar surface area (TPSA) is 55.1 Å². The van der Waals surface area contributed by atoms with Crippen molar-refractivity contribution in [1.82, 2.24) is 5.32 Å². The van der Waals surface area contributed by atoms with Crippen LogP contribution in [0.4, 0.5) is 17.6 Å². The lowest BCUT2D eigenvalue weighted by Gasteiger charge is -2.19. The lowest BCUT2D eigenvalue weighted by atomic mass is 10.0. The maximum absolute atomic E-state index is 12.9. The average Bonchev–Trinajstić information content (AvgIpc) is 2.24. The molecule has 0 aliphatic carbocycles. The Bertz CT molecular complexity index is 478. The number of carbonyl (C=O) groups excluding carboxylic acids is 1. The van der Waals surface area contributed by atoms with Crippen molar-refractivity contribution in [2.45, 2.75) is 32.1 Å². The van der Waals surface area contributed by atoms with Gasteiger partial charge in [-0.1, -0.05) is 6.07 Å². The number of nitrogens with two attached hydrogens (primary N) is 1. The number of halogens is 4. The number of amides is 1. The Morgan fingerprint density at radius 2 is 1.89 bits per heavy atom. The van der Waals surface area contributed by atoms with Crippen LogP contribution in [0.3, 0.4) is 0 Å². The van der Waals surface area contributed by atoms with Gasteiger partial charge in [-0.3, -0.25) is 4.79 Å². The molecule has 3 N–H and O–H groups in total. The quantitative estimate of drug-likeness (QED) is 0.833. The number of hydrogen-bond donors (Lipinski definition) is 2. The number of benzene rings is 1. The summed E-state index contributed by atoms with van der Waals surface area (Å²) in [5.41, 5.74) is 2.98. The molecule has 0 fully saturated rings. The number of carbonyl (C=O) groups is 1. The van der Waals surface area contributed by atoms with Gasteiger partial charge in [-0.2, -0.15) is 13.2 Å². The second-order valence-electron chi connectivity index (χ2n) is 4.70. The van der Waals surface area contributed by atoms with E-state index >= 15 is 0 Å². The molecule has 0 saturated heterocycles. The fourth-order valence-electron chi connectivity index (χ4n) is 1.37. The molecular formula is C12H14F4N2O. The van der Waals surface area contributed by atoms with Crippen molar-refractivity contribution in [2.24, 2.45) is 5.73 Å². The van der Waals surface area contributed by atoms with Gasteiger partial charge in [-0.15, -0.1) is 0 Å². The molecule has 3 nitrogen and oxygen atoms in total. The third-order valence-electron chi connectivity index (χ3n) is 2.40. The van der Waals surface area contributed by atoms with Gasteiger partial charge in [0.1, 0.15) is 5.82 Å². The Hall–Kier alpha value is -1.63. The average molecular weight is 278 g/mol. The zero-order valence-electron chi connectivity index (χ0n) is 10.4. The van der Waals surface area contributed by atoms with E-state index in [9.17, 15) is 22.4 Å². The van der Waals surface area contributed by atoms with Gasteiger partial charge in [-0.05, 0) is 31.5 Å². The number of rotatable bonds is 3. The Morgan fingerprint density at radius 1 is 1.32 bits per heavy atom. The standard InChI is InChI=1S/C12H14F4N2O/c1-11(2,17)10(19)18-6-7-3-4-8(13)5-9(7)12(14,15)16/h3-5H,6,17H2,1-2H3,(H,18,19). The van der Waals surface area contributed by atoms with Crippen LogP contribution in [0, 0.1) is 5.82 Å². The van der Waals surface area contributed by atoms with Crippen LogP contribution in [0.25, 0.3) is 0 Å². The van der Waals surface area contributed by atoms with E-state index in [0.717, 1.165) is 12.1 Å². The highest BCUT2D eigenvalue weighted by Crippen LogP contribution is 2.32. The van der Waals surface area contributed by atoms with Crippen LogP contribution in [0.2, 0.25) is 0 Å². The third kappa shape index (κ3) is 4.20. The minimum absolute atomic E-state index is 0.216. The van der Waals surface area contributed by atoms with E-state index in [1.54, 1.807) is 0 Å². The van der Waals surface area contributed by atoms with Crippen molar-refractivity contribution in [1.29, 1.82) is 0 Å². The number of nitrogens with one attached hydrogen (secondary N) is 1. The largest absolute Gasteiger partial charge is 0.416 e. The number of alkyl halides is 3. The van der Waals surface area contributed by atoms with Gasteiger partial charge in [0.15, 0.2) is 0 Å². The van der Waals surface area contributed by atoms with Crippen LogP contribution in [-0.2, 0) is 17.5 Å². The van der Waals surface area contributed by atoms with Crippen molar-refractivity contribution in [3.63, 3.8) is 0 Å². The molecule has 0 aliphatic rings. The van der Waals surface area contributed by atoms with Crippen molar-refractivity contribution in [3.05, 3.63) is 35.1 Å². The Balaban J connectivity index is 2.94. The van der Waals surface area contributed by atoms with E-state index in [4.69, 9.17) is 5.73 Å². The monoisotopic (exact) mass is 278 g/mol. The maximum atomic E-state index is 12.9. The molecule has 0 radical (unpaired) electrons. The summed E-state index contributed by atoms with van der Waals surface area (Å²) in [7, 11) is 0. The fraction of sp³-hybridized carbons (Fsp3) is 0.417. The Labute approximate surface area is 107 Å². The highest BCUT2D eigenvalue weighted by molar-refractivity contribution is 5.85. The summed E-state index contributed by atoms with van der Waals surface area (Å²) in [5.74, 6) is -1.58. The van der Waals surface area contributed by atoms with Crippen molar-refractivity contribution < 1.29 is 22.4 Å². The summed E-state index contributed by atoms with van der Waals surface area (Å²) in [6, 6.07) is 2.29. The molecule has 7 heteroatoms. The van der Waals surface area contributed by atoms with Gasteiger partial charge >= 0.3 is 6.18 Å². The predicted molar refractivity (Wildman–Crippen MR) is 61.5 cm³/mol. The molecule has 0 bridgehead atoms. The van der Waals surface area contributed by atoms with Crippen LogP contribution in [0.1, 0.15) is 25.0 Å². The van der Waals surface area contributed by atoms with E-state index < -0.39 is 29.0 Å². The molecule has 106 valence electrons. The van der Waals surface area contributed by atoms with Crippen LogP contribution >= 0.6 is 0 Å².